The molecule has 23 heavy (non-hydrogen) atoms. The van der Waals surface area contributed by atoms with E-state index < -0.39 is 0 Å². The molecule has 0 bridgehead atoms. The number of thiazole rings is 1. The van der Waals surface area contributed by atoms with Crippen LogP contribution in [-0.4, -0.2) is 18.1 Å². The van der Waals surface area contributed by atoms with Gasteiger partial charge in [0.1, 0.15) is 0 Å². The summed E-state index contributed by atoms with van der Waals surface area (Å²) in [6.45, 7) is 11.3. The first kappa shape index (κ1) is 16.7. The van der Waals surface area contributed by atoms with Gasteiger partial charge >= 0.3 is 0 Å². The van der Waals surface area contributed by atoms with Gasteiger partial charge in [0.15, 0.2) is 0 Å². The Morgan fingerprint density at radius 3 is 2.39 bits per heavy atom. The average Bonchev–Trinajstić information content (AvgIpc) is 2.88. The number of nitrogens with zero attached hydrogens (tertiary/aromatic N) is 1. The Hall–Kier alpha value is -1.19. The molecular weight excluding hydrogens is 300 g/mol. The molecule has 1 aromatic heterocycles. The van der Waals surface area contributed by atoms with Crippen LogP contribution < -0.4 is 5.32 Å². The molecular formula is C20H28N2S. The Morgan fingerprint density at radius 1 is 1.13 bits per heavy atom. The Labute approximate surface area is 144 Å². The Bertz CT molecular complexity index is 643. The number of aromatic nitrogens is 1. The zero-order chi connectivity index (χ0) is 16.4. The van der Waals surface area contributed by atoms with Crippen molar-refractivity contribution in [1.29, 1.82) is 0 Å². The van der Waals surface area contributed by atoms with Crippen LogP contribution in [0.5, 0.6) is 0 Å². The van der Waals surface area contributed by atoms with Crippen molar-refractivity contribution in [3.8, 4) is 0 Å². The maximum atomic E-state index is 4.85. The molecule has 2 nitrogen and oxygen atoms in total. The molecule has 1 fully saturated rings. The standard InChI is InChI=1S/C20H28N2S/c1-14-19(16-9-11-21-12-10-16)23-18(22-14)13-15-5-7-17(8-6-15)20(2,3)4/h5-8,16,21H,9-13H2,1-4H3. The molecule has 1 saturated heterocycles. The molecule has 0 atom stereocenters. The van der Waals surface area contributed by atoms with Crippen LogP contribution in [0.15, 0.2) is 24.3 Å². The van der Waals surface area contributed by atoms with Crippen LogP contribution in [0.2, 0.25) is 0 Å². The van der Waals surface area contributed by atoms with Gasteiger partial charge in [-0.2, -0.15) is 0 Å². The van der Waals surface area contributed by atoms with Gasteiger partial charge in [-0.05, 0) is 55.3 Å². The summed E-state index contributed by atoms with van der Waals surface area (Å²) in [7, 11) is 0. The maximum absolute atomic E-state index is 4.85. The van der Waals surface area contributed by atoms with E-state index in [2.05, 4.69) is 57.3 Å². The van der Waals surface area contributed by atoms with Crippen molar-refractivity contribution in [2.45, 2.75) is 58.3 Å². The van der Waals surface area contributed by atoms with Gasteiger partial charge in [0.05, 0.1) is 10.7 Å². The first-order valence-corrected chi connectivity index (χ1v) is 9.51. The largest absolute Gasteiger partial charge is 0.317 e. The van der Waals surface area contributed by atoms with E-state index in [9.17, 15) is 0 Å². The normalized spacial score (nSPS) is 16.7. The van der Waals surface area contributed by atoms with Crippen molar-refractivity contribution < 1.29 is 0 Å². The second-order valence-corrected chi connectivity index (χ2v) is 8.82. The lowest BCUT2D eigenvalue weighted by Crippen LogP contribution is -2.26. The third-order valence-corrected chi connectivity index (χ3v) is 6.08. The van der Waals surface area contributed by atoms with Crippen molar-refractivity contribution in [1.82, 2.24) is 10.3 Å². The SMILES string of the molecule is Cc1nc(Cc2ccc(C(C)(C)C)cc2)sc1C1CCNCC1. The number of piperidine rings is 1. The molecule has 1 aromatic carbocycles. The van der Waals surface area contributed by atoms with Crippen LogP contribution in [0.25, 0.3) is 0 Å². The second-order valence-electron chi connectivity index (χ2n) is 7.71. The summed E-state index contributed by atoms with van der Waals surface area (Å²) in [5.74, 6) is 0.714. The monoisotopic (exact) mass is 328 g/mol. The smallest absolute Gasteiger partial charge is 0.0974 e. The van der Waals surface area contributed by atoms with Gasteiger partial charge in [-0.15, -0.1) is 11.3 Å². The predicted molar refractivity (Wildman–Crippen MR) is 99.6 cm³/mol. The molecule has 1 N–H and O–H groups in total. The fourth-order valence-corrected chi connectivity index (χ4v) is 4.57. The van der Waals surface area contributed by atoms with Crippen molar-refractivity contribution in [2.75, 3.05) is 13.1 Å². The molecule has 2 aromatic rings. The molecule has 0 saturated carbocycles. The average molecular weight is 329 g/mol. The topological polar surface area (TPSA) is 24.9 Å². The fraction of sp³-hybridized carbons (Fsp3) is 0.550. The Morgan fingerprint density at radius 2 is 1.78 bits per heavy atom. The first-order valence-electron chi connectivity index (χ1n) is 8.70. The van der Waals surface area contributed by atoms with Gasteiger partial charge in [-0.25, -0.2) is 4.98 Å². The minimum atomic E-state index is 0.221. The number of hydrogen-bond acceptors (Lipinski definition) is 3. The fourth-order valence-electron chi connectivity index (χ4n) is 3.30. The third kappa shape index (κ3) is 4.02. The van der Waals surface area contributed by atoms with E-state index in [0.717, 1.165) is 19.5 Å². The number of hydrogen-bond donors (Lipinski definition) is 1. The van der Waals surface area contributed by atoms with E-state index in [1.54, 1.807) is 0 Å². The molecule has 0 aliphatic carbocycles. The van der Waals surface area contributed by atoms with Crippen molar-refractivity contribution in [2.24, 2.45) is 0 Å². The van der Waals surface area contributed by atoms with E-state index in [1.807, 2.05) is 11.3 Å². The number of nitrogens with one attached hydrogen (secondary N) is 1. The summed E-state index contributed by atoms with van der Waals surface area (Å²) in [6.07, 6.45) is 3.46. The molecule has 2 heterocycles. The maximum Gasteiger partial charge on any atom is 0.0974 e. The molecule has 0 amide bonds. The number of aryl methyl sites for hydroxylation is 1. The minimum absolute atomic E-state index is 0.221. The molecule has 0 unspecified atom stereocenters. The van der Waals surface area contributed by atoms with Gasteiger partial charge in [0.25, 0.3) is 0 Å². The van der Waals surface area contributed by atoms with Gasteiger partial charge in [0, 0.05) is 11.3 Å². The van der Waals surface area contributed by atoms with Crippen LogP contribution in [0.1, 0.15) is 66.2 Å². The predicted octanol–water partition coefficient (Wildman–Crippen LogP) is 4.81. The van der Waals surface area contributed by atoms with Crippen LogP contribution >= 0.6 is 11.3 Å². The van der Waals surface area contributed by atoms with Crippen LogP contribution in [0, 0.1) is 6.92 Å². The summed E-state index contributed by atoms with van der Waals surface area (Å²) < 4.78 is 0. The number of benzene rings is 1. The first-order chi connectivity index (χ1) is 10.9. The highest BCUT2D eigenvalue weighted by Crippen LogP contribution is 2.33. The van der Waals surface area contributed by atoms with Crippen LogP contribution in [0.4, 0.5) is 0 Å². The van der Waals surface area contributed by atoms with Gasteiger partial charge in [-0.3, -0.25) is 0 Å². The van der Waals surface area contributed by atoms with Gasteiger partial charge in [-0.1, -0.05) is 45.0 Å². The third-order valence-electron chi connectivity index (χ3n) is 4.76. The Kier molecular flexibility index (Phi) is 4.88. The van der Waals surface area contributed by atoms with Crippen molar-refractivity contribution in [3.63, 3.8) is 0 Å². The van der Waals surface area contributed by atoms with Gasteiger partial charge < -0.3 is 5.32 Å². The Balaban J connectivity index is 1.73. The highest BCUT2D eigenvalue weighted by atomic mass is 32.1. The second kappa shape index (κ2) is 6.74. The highest BCUT2D eigenvalue weighted by molar-refractivity contribution is 7.11. The number of rotatable bonds is 3. The summed E-state index contributed by atoms with van der Waals surface area (Å²) in [6, 6.07) is 9.07. The molecule has 1 aliphatic heterocycles. The minimum Gasteiger partial charge on any atom is -0.317 e. The zero-order valence-electron chi connectivity index (χ0n) is 14.8. The quantitative estimate of drug-likeness (QED) is 0.875. The summed E-state index contributed by atoms with van der Waals surface area (Å²) in [5, 5.41) is 4.72. The molecule has 3 heteroatoms. The van der Waals surface area contributed by atoms with Crippen molar-refractivity contribution >= 4 is 11.3 Å². The van der Waals surface area contributed by atoms with E-state index in [4.69, 9.17) is 4.98 Å². The lowest BCUT2D eigenvalue weighted by molar-refractivity contribution is 0.463. The van der Waals surface area contributed by atoms with Crippen LogP contribution in [-0.2, 0) is 11.8 Å². The summed E-state index contributed by atoms with van der Waals surface area (Å²) in [5.41, 5.74) is 4.23. The van der Waals surface area contributed by atoms with E-state index in [0.29, 0.717) is 5.92 Å². The van der Waals surface area contributed by atoms with E-state index in [1.165, 1.54) is 39.5 Å². The molecule has 0 spiro atoms. The van der Waals surface area contributed by atoms with E-state index >= 15 is 0 Å². The van der Waals surface area contributed by atoms with E-state index in [-0.39, 0.29) is 5.41 Å². The van der Waals surface area contributed by atoms with Crippen LogP contribution in [0.3, 0.4) is 0 Å². The molecule has 0 radical (unpaired) electrons. The summed E-state index contributed by atoms with van der Waals surface area (Å²) >= 11 is 1.93. The summed E-state index contributed by atoms with van der Waals surface area (Å²) in [4.78, 5) is 6.37. The van der Waals surface area contributed by atoms with Gasteiger partial charge in [0.2, 0.25) is 0 Å². The molecule has 124 valence electrons. The molecule has 1 aliphatic rings. The zero-order valence-corrected chi connectivity index (χ0v) is 15.6. The lowest BCUT2D eigenvalue weighted by Gasteiger charge is -2.21. The lowest BCUT2D eigenvalue weighted by atomic mass is 9.86. The van der Waals surface area contributed by atoms with Crippen molar-refractivity contribution in [3.05, 3.63) is 51.0 Å². The highest BCUT2D eigenvalue weighted by Gasteiger charge is 2.20. The molecule has 3 rings (SSSR count).